The Morgan fingerprint density at radius 2 is 1.93 bits per heavy atom. The average Bonchev–Trinajstić information content (AvgIpc) is 3.15. The summed E-state index contributed by atoms with van der Waals surface area (Å²) in [4.78, 5) is 20.3. The van der Waals surface area contributed by atoms with Crippen LogP contribution in [0.1, 0.15) is 12.5 Å². The quantitative estimate of drug-likeness (QED) is 0.376. The van der Waals surface area contributed by atoms with E-state index in [2.05, 4.69) is 10.1 Å². The molecule has 1 aromatic carbocycles. The highest BCUT2D eigenvalue weighted by atomic mass is 35.5. The van der Waals surface area contributed by atoms with Gasteiger partial charge in [0.1, 0.15) is 5.15 Å². The van der Waals surface area contributed by atoms with Crippen molar-refractivity contribution in [1.29, 1.82) is 0 Å². The SMILES string of the molecule is CCn1ncc2c(-c3ccc(Cl)nc3)c(/C=C/C(=O)O)c(-c3ccccc3)nc21. The fourth-order valence-corrected chi connectivity index (χ4v) is 3.41. The minimum Gasteiger partial charge on any atom is -0.478 e. The van der Waals surface area contributed by atoms with Gasteiger partial charge < -0.3 is 5.11 Å². The maximum Gasteiger partial charge on any atom is 0.328 e. The second-order valence-electron chi connectivity index (χ2n) is 6.35. The highest BCUT2D eigenvalue weighted by Crippen LogP contribution is 2.37. The molecule has 4 aromatic rings. The highest BCUT2D eigenvalue weighted by molar-refractivity contribution is 6.29. The molecule has 0 saturated heterocycles. The van der Waals surface area contributed by atoms with Crippen molar-refractivity contribution in [2.45, 2.75) is 13.5 Å². The number of aliphatic carboxylic acids is 1. The summed E-state index contributed by atoms with van der Waals surface area (Å²) in [5.41, 5.74) is 4.59. The van der Waals surface area contributed by atoms with Crippen LogP contribution in [0, 0.1) is 0 Å². The van der Waals surface area contributed by atoms with E-state index in [4.69, 9.17) is 16.6 Å². The number of nitrogens with zero attached hydrogens (tertiary/aromatic N) is 4. The van der Waals surface area contributed by atoms with Crippen LogP contribution in [-0.2, 0) is 11.3 Å². The first-order valence-electron chi connectivity index (χ1n) is 9.06. The summed E-state index contributed by atoms with van der Waals surface area (Å²) in [5, 5.41) is 14.9. The summed E-state index contributed by atoms with van der Waals surface area (Å²) < 4.78 is 1.82. The maximum absolute atomic E-state index is 11.3. The number of aromatic nitrogens is 4. The summed E-state index contributed by atoms with van der Waals surface area (Å²) in [6, 6.07) is 13.2. The first kappa shape index (κ1) is 18.8. The molecule has 3 aromatic heterocycles. The molecule has 0 aliphatic rings. The van der Waals surface area contributed by atoms with Crippen LogP contribution < -0.4 is 0 Å². The molecule has 0 amide bonds. The Kier molecular flexibility index (Phi) is 5.10. The van der Waals surface area contributed by atoms with E-state index in [0.29, 0.717) is 23.0 Å². The van der Waals surface area contributed by atoms with Gasteiger partial charge >= 0.3 is 5.97 Å². The first-order valence-corrected chi connectivity index (χ1v) is 9.44. The monoisotopic (exact) mass is 404 g/mol. The third-order valence-electron chi connectivity index (χ3n) is 4.58. The van der Waals surface area contributed by atoms with Crippen molar-refractivity contribution in [3.8, 4) is 22.4 Å². The number of pyridine rings is 2. The van der Waals surface area contributed by atoms with Gasteiger partial charge in [-0.15, -0.1) is 0 Å². The lowest BCUT2D eigenvalue weighted by molar-refractivity contribution is -0.131. The van der Waals surface area contributed by atoms with Crippen LogP contribution in [0.4, 0.5) is 0 Å². The molecule has 0 bridgehead atoms. The lowest BCUT2D eigenvalue weighted by Gasteiger charge is -2.14. The van der Waals surface area contributed by atoms with Gasteiger partial charge in [-0.2, -0.15) is 5.10 Å². The molecule has 3 heterocycles. The van der Waals surface area contributed by atoms with Crippen molar-refractivity contribution in [3.63, 3.8) is 0 Å². The topological polar surface area (TPSA) is 80.9 Å². The van der Waals surface area contributed by atoms with Crippen molar-refractivity contribution < 1.29 is 9.90 Å². The molecule has 144 valence electrons. The van der Waals surface area contributed by atoms with Crippen LogP contribution in [0.25, 0.3) is 39.5 Å². The van der Waals surface area contributed by atoms with Crippen molar-refractivity contribution in [2.75, 3.05) is 0 Å². The number of hydrogen-bond acceptors (Lipinski definition) is 4. The van der Waals surface area contributed by atoms with E-state index in [-0.39, 0.29) is 0 Å². The number of halogens is 1. The number of carbonyl (C=O) groups is 1. The summed E-state index contributed by atoms with van der Waals surface area (Å²) >= 11 is 5.98. The van der Waals surface area contributed by atoms with Gasteiger partial charge in [-0.05, 0) is 25.1 Å². The predicted molar refractivity (Wildman–Crippen MR) is 114 cm³/mol. The molecule has 7 heteroatoms. The van der Waals surface area contributed by atoms with Gasteiger partial charge in [0.2, 0.25) is 0 Å². The zero-order chi connectivity index (χ0) is 20.4. The number of fused-ring (bicyclic) bond motifs is 1. The van der Waals surface area contributed by atoms with E-state index in [0.717, 1.165) is 33.8 Å². The largest absolute Gasteiger partial charge is 0.478 e. The molecular weight excluding hydrogens is 388 g/mol. The Balaban J connectivity index is 2.13. The molecule has 29 heavy (non-hydrogen) atoms. The lowest BCUT2D eigenvalue weighted by atomic mass is 9.94. The number of hydrogen-bond donors (Lipinski definition) is 1. The molecule has 0 aliphatic carbocycles. The second kappa shape index (κ2) is 7.85. The fourth-order valence-electron chi connectivity index (χ4n) is 3.30. The van der Waals surface area contributed by atoms with E-state index in [1.54, 1.807) is 24.5 Å². The van der Waals surface area contributed by atoms with Crippen LogP contribution >= 0.6 is 11.6 Å². The van der Waals surface area contributed by atoms with Gasteiger partial charge in [-0.25, -0.2) is 19.4 Å². The summed E-state index contributed by atoms with van der Waals surface area (Å²) in [6.07, 6.45) is 6.12. The highest BCUT2D eigenvalue weighted by Gasteiger charge is 2.19. The minimum absolute atomic E-state index is 0.384. The molecule has 0 aliphatic heterocycles. The van der Waals surface area contributed by atoms with Crippen LogP contribution in [0.2, 0.25) is 5.15 Å². The molecule has 1 N–H and O–H groups in total. The van der Waals surface area contributed by atoms with Gasteiger partial charge in [-0.1, -0.05) is 41.9 Å². The van der Waals surface area contributed by atoms with Crippen molar-refractivity contribution in [1.82, 2.24) is 19.7 Å². The zero-order valence-corrected chi connectivity index (χ0v) is 16.3. The Labute approximate surface area is 172 Å². The third-order valence-corrected chi connectivity index (χ3v) is 4.80. The number of benzene rings is 1. The van der Waals surface area contributed by atoms with E-state index in [1.165, 1.54) is 0 Å². The van der Waals surface area contributed by atoms with Gasteiger partial charge in [0.15, 0.2) is 5.65 Å². The maximum atomic E-state index is 11.3. The minimum atomic E-state index is -1.03. The molecular formula is C22H17ClN4O2. The standard InChI is InChI=1S/C22H17ClN4O2/c1-2-27-22-17(13-25-27)20(15-8-10-18(23)24-12-15)16(9-11-19(28)29)21(26-22)14-6-4-3-5-7-14/h3-13H,2H2,1H3,(H,28,29)/b11-9+. The van der Waals surface area contributed by atoms with E-state index in [1.807, 2.05) is 48.0 Å². The molecule has 0 spiro atoms. The average molecular weight is 405 g/mol. The summed E-state index contributed by atoms with van der Waals surface area (Å²) in [7, 11) is 0. The number of carboxylic acid groups (broad SMARTS) is 1. The van der Waals surface area contributed by atoms with Crippen LogP contribution in [0.15, 0.2) is 60.9 Å². The Bertz CT molecular complexity index is 1220. The molecule has 0 fully saturated rings. The number of rotatable bonds is 5. The molecule has 0 atom stereocenters. The molecule has 0 radical (unpaired) electrons. The Morgan fingerprint density at radius 3 is 2.59 bits per heavy atom. The summed E-state index contributed by atoms with van der Waals surface area (Å²) in [5.74, 6) is -1.03. The van der Waals surface area contributed by atoms with E-state index >= 15 is 0 Å². The van der Waals surface area contributed by atoms with Crippen LogP contribution in [-0.4, -0.2) is 30.8 Å². The van der Waals surface area contributed by atoms with Gasteiger partial charge in [0.25, 0.3) is 0 Å². The Hall–Kier alpha value is -3.51. The van der Waals surface area contributed by atoms with Gasteiger partial charge in [0.05, 0.1) is 11.9 Å². The van der Waals surface area contributed by atoms with E-state index < -0.39 is 5.97 Å². The van der Waals surface area contributed by atoms with Crippen LogP contribution in [0.5, 0.6) is 0 Å². The zero-order valence-electron chi connectivity index (χ0n) is 15.6. The first-order chi connectivity index (χ1) is 14.1. The fraction of sp³-hybridized carbons (Fsp3) is 0.0909. The second-order valence-corrected chi connectivity index (χ2v) is 6.74. The molecule has 4 rings (SSSR count). The van der Waals surface area contributed by atoms with Crippen molar-refractivity contribution in [2.24, 2.45) is 0 Å². The molecule has 0 unspecified atom stereocenters. The van der Waals surface area contributed by atoms with Crippen LogP contribution in [0.3, 0.4) is 0 Å². The molecule has 6 nitrogen and oxygen atoms in total. The summed E-state index contributed by atoms with van der Waals surface area (Å²) in [6.45, 7) is 2.66. The van der Waals surface area contributed by atoms with Gasteiger partial charge in [-0.3, -0.25) is 0 Å². The third kappa shape index (κ3) is 3.62. The number of carboxylic acids is 1. The predicted octanol–water partition coefficient (Wildman–Crippen LogP) is 4.93. The van der Waals surface area contributed by atoms with Crippen molar-refractivity contribution >= 4 is 34.7 Å². The normalized spacial score (nSPS) is 11.4. The smallest absolute Gasteiger partial charge is 0.328 e. The van der Waals surface area contributed by atoms with Crippen molar-refractivity contribution in [3.05, 3.63) is 71.7 Å². The number of aryl methyl sites for hydroxylation is 1. The Morgan fingerprint density at radius 1 is 1.14 bits per heavy atom. The van der Waals surface area contributed by atoms with Gasteiger partial charge in [0, 0.05) is 46.5 Å². The van der Waals surface area contributed by atoms with E-state index in [9.17, 15) is 9.90 Å². The lowest BCUT2D eigenvalue weighted by Crippen LogP contribution is -2.01. The molecule has 0 saturated carbocycles.